The maximum atomic E-state index is 13.4. The van der Waals surface area contributed by atoms with Gasteiger partial charge >= 0.3 is 0 Å². The molecule has 0 spiro atoms. The third-order valence-electron chi connectivity index (χ3n) is 5.18. The SMILES string of the molecule is CCC(C)C(O)CCSCC(O)C(O)C(CC)N(N)/C=C(\N)c1cccc(F)c1. The van der Waals surface area contributed by atoms with Crippen molar-refractivity contribution in [3.63, 3.8) is 0 Å². The van der Waals surface area contributed by atoms with Gasteiger partial charge in [-0.25, -0.2) is 10.2 Å². The molecule has 0 heterocycles. The van der Waals surface area contributed by atoms with Gasteiger partial charge in [0, 0.05) is 17.5 Å². The second kappa shape index (κ2) is 13.1. The van der Waals surface area contributed by atoms with Crippen LogP contribution >= 0.6 is 11.8 Å². The number of hydrazine groups is 1. The van der Waals surface area contributed by atoms with E-state index in [1.165, 1.54) is 35.1 Å². The fraction of sp³-hybridized carbons (Fsp3) is 0.619. The monoisotopic (exact) mass is 429 g/mol. The number of nitrogens with zero attached hydrogens (tertiary/aromatic N) is 1. The molecule has 29 heavy (non-hydrogen) atoms. The summed E-state index contributed by atoms with van der Waals surface area (Å²) in [5.41, 5.74) is 6.75. The predicted molar refractivity (Wildman–Crippen MR) is 118 cm³/mol. The van der Waals surface area contributed by atoms with Crippen LogP contribution in [0.25, 0.3) is 5.70 Å². The molecule has 0 aromatic heterocycles. The van der Waals surface area contributed by atoms with E-state index in [0.29, 0.717) is 29.9 Å². The summed E-state index contributed by atoms with van der Waals surface area (Å²) in [4.78, 5) is 0. The summed E-state index contributed by atoms with van der Waals surface area (Å²) in [6.45, 7) is 5.90. The number of rotatable bonds is 13. The van der Waals surface area contributed by atoms with E-state index in [0.717, 1.165) is 6.42 Å². The highest BCUT2D eigenvalue weighted by Crippen LogP contribution is 2.19. The molecule has 0 aliphatic rings. The molecular formula is C21H36FN3O3S. The molecule has 0 fully saturated rings. The minimum Gasteiger partial charge on any atom is -0.397 e. The van der Waals surface area contributed by atoms with Crippen LogP contribution in [-0.4, -0.2) is 56.2 Å². The fourth-order valence-electron chi connectivity index (χ4n) is 2.95. The predicted octanol–water partition coefficient (Wildman–Crippen LogP) is 2.29. The average Bonchev–Trinajstić information content (AvgIpc) is 2.70. The lowest BCUT2D eigenvalue weighted by atomic mass is 10.0. The van der Waals surface area contributed by atoms with E-state index >= 15 is 0 Å². The molecular weight excluding hydrogens is 393 g/mol. The molecule has 6 nitrogen and oxygen atoms in total. The fourth-order valence-corrected chi connectivity index (χ4v) is 3.96. The Morgan fingerprint density at radius 3 is 2.48 bits per heavy atom. The minimum absolute atomic E-state index is 0.247. The third-order valence-corrected chi connectivity index (χ3v) is 6.28. The van der Waals surface area contributed by atoms with E-state index in [1.54, 1.807) is 12.1 Å². The molecule has 0 bridgehead atoms. The van der Waals surface area contributed by atoms with Crippen LogP contribution in [0.3, 0.4) is 0 Å². The van der Waals surface area contributed by atoms with Crippen molar-refractivity contribution >= 4 is 17.5 Å². The Kier molecular flexibility index (Phi) is 11.6. The summed E-state index contributed by atoms with van der Waals surface area (Å²) in [5, 5.41) is 32.2. The van der Waals surface area contributed by atoms with Crippen LogP contribution in [0.4, 0.5) is 4.39 Å². The summed E-state index contributed by atoms with van der Waals surface area (Å²) in [5.74, 6) is 6.94. The van der Waals surface area contributed by atoms with E-state index in [4.69, 9.17) is 11.6 Å². The van der Waals surface area contributed by atoms with Gasteiger partial charge in [-0.05, 0) is 36.6 Å². The molecule has 0 saturated heterocycles. The van der Waals surface area contributed by atoms with Crippen LogP contribution < -0.4 is 11.6 Å². The van der Waals surface area contributed by atoms with Crippen LogP contribution in [0, 0.1) is 11.7 Å². The van der Waals surface area contributed by atoms with Crippen LogP contribution in [0.5, 0.6) is 0 Å². The van der Waals surface area contributed by atoms with Gasteiger partial charge in [0.1, 0.15) is 11.9 Å². The van der Waals surface area contributed by atoms with Crippen molar-refractivity contribution in [2.75, 3.05) is 11.5 Å². The van der Waals surface area contributed by atoms with Gasteiger partial charge in [-0.3, -0.25) is 0 Å². The summed E-state index contributed by atoms with van der Waals surface area (Å²) in [6.07, 6.45) is 1.09. The number of thioether (sulfide) groups is 1. The molecule has 5 unspecified atom stereocenters. The first-order chi connectivity index (χ1) is 13.7. The van der Waals surface area contributed by atoms with E-state index < -0.39 is 24.1 Å². The van der Waals surface area contributed by atoms with Crippen molar-refractivity contribution in [3.8, 4) is 0 Å². The molecule has 1 aromatic rings. The molecule has 8 heteroatoms. The topological polar surface area (TPSA) is 116 Å². The number of aliphatic hydroxyl groups excluding tert-OH is 3. The maximum Gasteiger partial charge on any atom is 0.123 e. The van der Waals surface area contributed by atoms with E-state index in [-0.39, 0.29) is 17.7 Å². The second-order valence-electron chi connectivity index (χ2n) is 7.39. The Labute approximate surface area is 177 Å². The summed E-state index contributed by atoms with van der Waals surface area (Å²) < 4.78 is 13.4. The number of hydrogen-bond donors (Lipinski definition) is 5. The van der Waals surface area contributed by atoms with Crippen molar-refractivity contribution in [2.24, 2.45) is 17.5 Å². The first-order valence-corrected chi connectivity index (χ1v) is 11.2. The van der Waals surface area contributed by atoms with Gasteiger partial charge in [0.05, 0.1) is 23.9 Å². The number of nitrogens with two attached hydrogens (primary N) is 2. The van der Waals surface area contributed by atoms with E-state index in [2.05, 4.69) is 0 Å². The summed E-state index contributed by atoms with van der Waals surface area (Å²) in [6, 6.07) is 5.29. The highest BCUT2D eigenvalue weighted by molar-refractivity contribution is 7.99. The number of aliphatic hydroxyl groups is 3. The second-order valence-corrected chi connectivity index (χ2v) is 8.54. The molecule has 7 N–H and O–H groups in total. The van der Waals surface area contributed by atoms with Crippen molar-refractivity contribution in [2.45, 2.75) is 64.4 Å². The zero-order chi connectivity index (χ0) is 22.0. The standard InChI is InChI=1S/C21H36FN3O3S/c1-4-14(3)19(26)9-10-29-13-20(27)21(28)18(5-2)25(24)12-17(23)15-7-6-8-16(22)11-15/h6-8,11-12,14,18-21,26-28H,4-5,9-10,13,23-24H2,1-3H3/b17-12-. The smallest absolute Gasteiger partial charge is 0.123 e. The molecule has 166 valence electrons. The van der Waals surface area contributed by atoms with Crippen molar-refractivity contribution in [3.05, 3.63) is 41.8 Å². The van der Waals surface area contributed by atoms with Crippen molar-refractivity contribution in [1.82, 2.24) is 5.01 Å². The Morgan fingerprint density at radius 2 is 1.90 bits per heavy atom. The largest absolute Gasteiger partial charge is 0.397 e. The molecule has 1 aromatic carbocycles. The molecule has 5 atom stereocenters. The van der Waals surface area contributed by atoms with Crippen molar-refractivity contribution < 1.29 is 19.7 Å². The molecule has 0 saturated carbocycles. The number of hydrogen-bond acceptors (Lipinski definition) is 7. The van der Waals surface area contributed by atoms with Gasteiger partial charge in [0.15, 0.2) is 0 Å². The number of benzene rings is 1. The normalized spacial score (nSPS) is 17.4. The summed E-state index contributed by atoms with van der Waals surface area (Å²) >= 11 is 1.49. The van der Waals surface area contributed by atoms with E-state index in [1.807, 2.05) is 20.8 Å². The van der Waals surface area contributed by atoms with Crippen LogP contribution in [0.2, 0.25) is 0 Å². The third kappa shape index (κ3) is 8.52. The molecule has 1 rings (SSSR count). The summed E-state index contributed by atoms with van der Waals surface area (Å²) in [7, 11) is 0. The molecule has 0 aliphatic heterocycles. The molecule has 0 radical (unpaired) electrons. The highest BCUT2D eigenvalue weighted by atomic mass is 32.2. The molecule has 0 amide bonds. The highest BCUT2D eigenvalue weighted by Gasteiger charge is 2.28. The lowest BCUT2D eigenvalue weighted by Crippen LogP contribution is -2.50. The van der Waals surface area contributed by atoms with Crippen molar-refractivity contribution in [1.29, 1.82) is 0 Å². The van der Waals surface area contributed by atoms with E-state index in [9.17, 15) is 19.7 Å². The zero-order valence-corrected chi connectivity index (χ0v) is 18.4. The van der Waals surface area contributed by atoms with Gasteiger partial charge in [-0.2, -0.15) is 11.8 Å². The van der Waals surface area contributed by atoms with Crippen LogP contribution in [0.15, 0.2) is 30.5 Å². The van der Waals surface area contributed by atoms with Crippen LogP contribution in [0.1, 0.15) is 45.6 Å². The Hall–Kier alpha value is -1.32. The lowest BCUT2D eigenvalue weighted by Gasteiger charge is -2.32. The van der Waals surface area contributed by atoms with Gasteiger partial charge < -0.3 is 26.1 Å². The Morgan fingerprint density at radius 1 is 1.21 bits per heavy atom. The zero-order valence-electron chi connectivity index (χ0n) is 17.5. The van der Waals surface area contributed by atoms with Gasteiger partial charge in [-0.1, -0.05) is 39.3 Å². The first kappa shape index (κ1) is 25.7. The maximum absolute atomic E-state index is 13.4. The van der Waals surface area contributed by atoms with Crippen LogP contribution in [-0.2, 0) is 0 Å². The quantitative estimate of drug-likeness (QED) is 0.186. The lowest BCUT2D eigenvalue weighted by molar-refractivity contribution is -0.0183. The first-order valence-electron chi connectivity index (χ1n) is 10.1. The Bertz CT molecular complexity index is 635. The van der Waals surface area contributed by atoms with Gasteiger partial charge in [0.25, 0.3) is 0 Å². The minimum atomic E-state index is -1.08. The van der Waals surface area contributed by atoms with Gasteiger partial charge in [0.2, 0.25) is 0 Å². The Balaban J connectivity index is 2.60. The molecule has 0 aliphatic carbocycles. The van der Waals surface area contributed by atoms with Gasteiger partial charge in [-0.15, -0.1) is 0 Å². The average molecular weight is 430 g/mol. The number of halogens is 1.